The first-order valence-corrected chi connectivity index (χ1v) is 7.79. The zero-order valence-electron chi connectivity index (χ0n) is 13.6. The Labute approximate surface area is 144 Å². The molecule has 2 aromatic rings. The van der Waals surface area contributed by atoms with Crippen molar-refractivity contribution in [3.8, 4) is 0 Å². The minimum Gasteiger partial charge on any atom is -0.464 e. The summed E-state index contributed by atoms with van der Waals surface area (Å²) in [7, 11) is 0. The molecule has 7 heteroatoms. The van der Waals surface area contributed by atoms with E-state index in [1.54, 1.807) is 55.5 Å². The summed E-state index contributed by atoms with van der Waals surface area (Å²) < 4.78 is 4.99. The van der Waals surface area contributed by atoms with E-state index in [1.807, 2.05) is 0 Å². The molecule has 128 valence electrons. The number of hydrogen-bond acceptors (Lipinski definition) is 5. The maximum absolute atomic E-state index is 13.1. The van der Waals surface area contributed by atoms with Crippen LogP contribution in [0.2, 0.25) is 0 Å². The van der Waals surface area contributed by atoms with Crippen LogP contribution in [0.25, 0.3) is 0 Å². The summed E-state index contributed by atoms with van der Waals surface area (Å²) in [4.78, 5) is 39.1. The smallest absolute Gasteiger partial charge is 0.339 e. The van der Waals surface area contributed by atoms with Gasteiger partial charge < -0.3 is 15.8 Å². The van der Waals surface area contributed by atoms with Crippen molar-refractivity contribution in [3.05, 3.63) is 54.1 Å². The molecule has 0 saturated carbocycles. The Morgan fingerprint density at radius 3 is 2.56 bits per heavy atom. The predicted molar refractivity (Wildman–Crippen MR) is 93.2 cm³/mol. The minimum atomic E-state index is -1.41. The van der Waals surface area contributed by atoms with Crippen molar-refractivity contribution >= 4 is 34.8 Å². The van der Waals surface area contributed by atoms with E-state index < -0.39 is 23.8 Å². The van der Waals surface area contributed by atoms with Gasteiger partial charge in [-0.05, 0) is 31.2 Å². The van der Waals surface area contributed by atoms with E-state index in [2.05, 4.69) is 5.32 Å². The molecule has 0 fully saturated rings. The monoisotopic (exact) mass is 339 g/mol. The third-order valence-electron chi connectivity index (χ3n) is 3.85. The molecule has 25 heavy (non-hydrogen) atoms. The lowest BCUT2D eigenvalue weighted by Crippen LogP contribution is -2.55. The Hall–Kier alpha value is -3.35. The zero-order valence-corrected chi connectivity index (χ0v) is 13.6. The normalized spacial score (nSPS) is 16.0. The second-order valence-corrected chi connectivity index (χ2v) is 5.42. The van der Waals surface area contributed by atoms with Crippen LogP contribution in [0.4, 0.5) is 17.1 Å². The molecule has 2 amide bonds. The number of fused-ring (bicyclic) bond motifs is 1. The van der Waals surface area contributed by atoms with Crippen LogP contribution in [-0.4, -0.2) is 30.4 Å². The summed E-state index contributed by atoms with van der Waals surface area (Å²) in [5, 5.41) is 2.64. The van der Waals surface area contributed by atoms with Gasteiger partial charge in [0.1, 0.15) is 0 Å². The Morgan fingerprint density at radius 2 is 1.84 bits per heavy atom. The molecule has 0 bridgehead atoms. The number of rotatable bonds is 3. The standard InChI is InChI=1S/C18H17N3O4/c1-2-25-18(24)15-16(22)20-13-9-5-6-10-14(13)21(15)17(23)11-7-3-4-8-12(11)19/h3-10,15H,2,19H2,1H3,(H,20,22). The van der Waals surface area contributed by atoms with Crippen LogP contribution in [0.3, 0.4) is 0 Å². The summed E-state index contributed by atoms with van der Waals surface area (Å²) >= 11 is 0. The van der Waals surface area contributed by atoms with Gasteiger partial charge in [0.2, 0.25) is 6.04 Å². The Kier molecular flexibility index (Phi) is 4.38. The molecule has 2 aromatic carbocycles. The zero-order chi connectivity index (χ0) is 18.0. The summed E-state index contributed by atoms with van der Waals surface area (Å²) in [5.41, 5.74) is 7.22. The average Bonchev–Trinajstić information content (AvgIpc) is 2.60. The second kappa shape index (κ2) is 6.64. The summed E-state index contributed by atoms with van der Waals surface area (Å²) in [6.45, 7) is 1.73. The van der Waals surface area contributed by atoms with E-state index in [4.69, 9.17) is 10.5 Å². The van der Waals surface area contributed by atoms with Crippen molar-refractivity contribution in [2.24, 2.45) is 0 Å². The highest BCUT2D eigenvalue weighted by atomic mass is 16.5. The van der Waals surface area contributed by atoms with Gasteiger partial charge in [-0.2, -0.15) is 0 Å². The van der Waals surface area contributed by atoms with Gasteiger partial charge in [0, 0.05) is 5.69 Å². The molecule has 1 aliphatic heterocycles. The van der Waals surface area contributed by atoms with Gasteiger partial charge in [-0.15, -0.1) is 0 Å². The molecule has 3 N–H and O–H groups in total. The van der Waals surface area contributed by atoms with Gasteiger partial charge in [0.25, 0.3) is 11.8 Å². The fourth-order valence-corrected chi connectivity index (χ4v) is 2.73. The van der Waals surface area contributed by atoms with E-state index in [0.29, 0.717) is 11.4 Å². The van der Waals surface area contributed by atoms with Crippen molar-refractivity contribution in [1.29, 1.82) is 0 Å². The lowest BCUT2D eigenvalue weighted by Gasteiger charge is -2.35. The maximum atomic E-state index is 13.1. The van der Waals surface area contributed by atoms with Gasteiger partial charge in [-0.3, -0.25) is 14.5 Å². The molecular formula is C18H17N3O4. The molecule has 1 aliphatic rings. The molecule has 1 heterocycles. The van der Waals surface area contributed by atoms with Gasteiger partial charge in [0.15, 0.2) is 0 Å². The van der Waals surface area contributed by atoms with Crippen molar-refractivity contribution < 1.29 is 19.1 Å². The van der Waals surface area contributed by atoms with Crippen LogP contribution < -0.4 is 16.0 Å². The van der Waals surface area contributed by atoms with Crippen LogP contribution in [-0.2, 0) is 14.3 Å². The number of amides is 2. The number of hydrogen-bond donors (Lipinski definition) is 2. The molecule has 0 aromatic heterocycles. The maximum Gasteiger partial charge on any atom is 0.339 e. The topological polar surface area (TPSA) is 102 Å². The van der Waals surface area contributed by atoms with Crippen LogP contribution in [0.1, 0.15) is 17.3 Å². The van der Waals surface area contributed by atoms with Gasteiger partial charge in [-0.25, -0.2) is 4.79 Å². The minimum absolute atomic E-state index is 0.0970. The number of nitrogens with two attached hydrogens (primary N) is 1. The first-order valence-electron chi connectivity index (χ1n) is 7.79. The molecule has 7 nitrogen and oxygen atoms in total. The van der Waals surface area contributed by atoms with Gasteiger partial charge in [0.05, 0.1) is 23.5 Å². The van der Waals surface area contributed by atoms with Crippen LogP contribution in [0.15, 0.2) is 48.5 Å². The first kappa shape index (κ1) is 16.5. The van der Waals surface area contributed by atoms with E-state index >= 15 is 0 Å². The second-order valence-electron chi connectivity index (χ2n) is 5.42. The molecular weight excluding hydrogens is 322 g/mol. The molecule has 1 unspecified atom stereocenters. The van der Waals surface area contributed by atoms with Crippen molar-refractivity contribution in [2.75, 3.05) is 22.6 Å². The van der Waals surface area contributed by atoms with Gasteiger partial charge in [-0.1, -0.05) is 24.3 Å². The number of nitrogens with one attached hydrogen (secondary N) is 1. The van der Waals surface area contributed by atoms with Crippen molar-refractivity contribution in [3.63, 3.8) is 0 Å². The number of ether oxygens (including phenoxy) is 1. The number of nitrogen functional groups attached to an aromatic ring is 1. The Morgan fingerprint density at radius 1 is 1.16 bits per heavy atom. The Balaban J connectivity index is 2.13. The molecule has 1 atom stereocenters. The van der Waals surface area contributed by atoms with E-state index in [0.717, 1.165) is 4.90 Å². The fourth-order valence-electron chi connectivity index (χ4n) is 2.73. The number of benzene rings is 2. The number of carbonyl (C=O) groups excluding carboxylic acids is 3. The summed E-state index contributed by atoms with van der Waals surface area (Å²) in [6.07, 6.45) is 0. The fraction of sp³-hybridized carbons (Fsp3) is 0.167. The lowest BCUT2D eigenvalue weighted by molar-refractivity contribution is -0.147. The number of anilines is 3. The van der Waals surface area contributed by atoms with E-state index in [-0.39, 0.29) is 17.9 Å². The van der Waals surface area contributed by atoms with Crippen molar-refractivity contribution in [1.82, 2.24) is 0 Å². The highest BCUT2D eigenvalue weighted by Crippen LogP contribution is 2.34. The van der Waals surface area contributed by atoms with E-state index in [1.165, 1.54) is 0 Å². The third-order valence-corrected chi connectivity index (χ3v) is 3.85. The molecule has 3 rings (SSSR count). The largest absolute Gasteiger partial charge is 0.464 e. The van der Waals surface area contributed by atoms with Crippen LogP contribution in [0, 0.1) is 0 Å². The number of esters is 1. The van der Waals surface area contributed by atoms with Crippen LogP contribution >= 0.6 is 0 Å². The highest BCUT2D eigenvalue weighted by Gasteiger charge is 2.43. The van der Waals surface area contributed by atoms with E-state index in [9.17, 15) is 14.4 Å². The Bertz CT molecular complexity index is 850. The quantitative estimate of drug-likeness (QED) is 0.504. The number of nitrogens with zero attached hydrogens (tertiary/aromatic N) is 1. The van der Waals surface area contributed by atoms with Gasteiger partial charge >= 0.3 is 5.97 Å². The molecule has 0 aliphatic carbocycles. The third kappa shape index (κ3) is 2.91. The highest BCUT2D eigenvalue weighted by molar-refractivity contribution is 6.24. The van der Waals surface area contributed by atoms with Crippen LogP contribution in [0.5, 0.6) is 0 Å². The average molecular weight is 339 g/mol. The van der Waals surface area contributed by atoms with Crippen molar-refractivity contribution in [2.45, 2.75) is 13.0 Å². The SMILES string of the molecule is CCOC(=O)C1C(=O)Nc2ccccc2N1C(=O)c1ccccc1N. The molecule has 0 spiro atoms. The first-order chi connectivity index (χ1) is 12.0. The number of carbonyl (C=O) groups is 3. The predicted octanol–water partition coefficient (Wildman–Crippen LogP) is 1.80. The molecule has 0 saturated heterocycles. The summed E-state index contributed by atoms with van der Waals surface area (Å²) in [5.74, 6) is -1.96. The number of para-hydroxylation sites is 3. The summed E-state index contributed by atoms with van der Waals surface area (Å²) in [6, 6.07) is 11.8. The lowest BCUT2D eigenvalue weighted by atomic mass is 10.0. The molecule has 0 radical (unpaired) electrons.